The fourth-order valence-electron chi connectivity index (χ4n) is 13.9. The van der Waals surface area contributed by atoms with E-state index in [0.29, 0.717) is 64.7 Å². The highest BCUT2D eigenvalue weighted by Gasteiger charge is 2.39. The van der Waals surface area contributed by atoms with Gasteiger partial charge in [-0.15, -0.1) is 0 Å². The molecule has 12 aromatic carbocycles. The van der Waals surface area contributed by atoms with Crippen molar-refractivity contribution in [2.24, 2.45) is 0 Å². The number of alkyl halides is 21. The van der Waals surface area contributed by atoms with Crippen LogP contribution in [0.5, 0.6) is 0 Å². The van der Waals surface area contributed by atoms with E-state index in [1.807, 2.05) is 0 Å². The molecule has 6 heterocycles. The number of aryl methyl sites for hydroxylation is 4. The van der Waals surface area contributed by atoms with Gasteiger partial charge in [-0.3, -0.25) is 28.8 Å². The average molecular weight is 2490 g/mol. The van der Waals surface area contributed by atoms with Gasteiger partial charge in [0.1, 0.15) is 34.9 Å². The smallest absolute Gasteiger partial charge is 0.306 e. The molecule has 738 valence electrons. The number of rotatable bonds is 6. The van der Waals surface area contributed by atoms with E-state index in [1.54, 1.807) is 100 Å². The molecule has 0 aliphatic heterocycles. The van der Waals surface area contributed by atoms with Crippen molar-refractivity contribution in [1.82, 2.24) is 59.8 Å². The van der Waals surface area contributed by atoms with Crippen molar-refractivity contribution in [2.75, 3.05) is 0 Å². The number of benzene rings is 12. The van der Waals surface area contributed by atoms with Crippen LogP contribution in [0.15, 0.2) is 266 Å². The Bertz CT molecular complexity index is 8180. The summed E-state index contributed by atoms with van der Waals surface area (Å²) in [6, 6.07) is 43.9. The molecule has 6 aromatic heterocycles. The van der Waals surface area contributed by atoms with Gasteiger partial charge in [0.25, 0.3) is 33.4 Å². The van der Waals surface area contributed by atoms with Crippen LogP contribution in [0.3, 0.4) is 0 Å². The van der Waals surface area contributed by atoms with Crippen LogP contribution >= 0.6 is 135 Å². The Morgan fingerprint density at radius 2 is 0.503 bits per heavy atom. The number of nitrogens with zero attached hydrogens (tertiary/aromatic N) is 6. The van der Waals surface area contributed by atoms with E-state index in [0.717, 1.165) is 106 Å². The Kier molecular flexibility index (Phi) is 32.0. The molecule has 0 bridgehead atoms. The Morgan fingerprint density at radius 3 is 0.846 bits per heavy atom. The molecular formula is C95H52Br7Cl2F21N12O6. The summed E-state index contributed by atoms with van der Waals surface area (Å²) in [5.74, 6) is -0.0584. The number of aromatic nitrogens is 12. The lowest BCUT2D eigenvalue weighted by molar-refractivity contribution is -0.138. The van der Waals surface area contributed by atoms with E-state index in [2.05, 4.69) is 171 Å². The van der Waals surface area contributed by atoms with E-state index in [-0.39, 0.29) is 112 Å². The molecule has 0 aliphatic carbocycles. The molecule has 18 aromatic rings. The number of halogens is 30. The Labute approximate surface area is 855 Å². The molecule has 48 heteroatoms. The van der Waals surface area contributed by atoms with Crippen molar-refractivity contribution in [3.8, 4) is 68.3 Å². The average Bonchev–Trinajstić information content (AvgIpc) is 0.814. The molecule has 0 amide bonds. The van der Waals surface area contributed by atoms with Gasteiger partial charge in [0.2, 0.25) is 0 Å². The van der Waals surface area contributed by atoms with Crippen LogP contribution in [0.2, 0.25) is 10.0 Å². The van der Waals surface area contributed by atoms with Crippen molar-refractivity contribution >= 4 is 200 Å². The summed E-state index contributed by atoms with van der Waals surface area (Å²) >= 11 is 33.8. The maximum absolute atomic E-state index is 13.2. The van der Waals surface area contributed by atoms with Crippen LogP contribution in [-0.4, -0.2) is 59.8 Å². The zero-order valence-corrected chi connectivity index (χ0v) is 84.2. The third-order valence-electron chi connectivity index (χ3n) is 20.8. The van der Waals surface area contributed by atoms with E-state index in [9.17, 15) is 121 Å². The van der Waals surface area contributed by atoms with E-state index < -0.39 is 121 Å². The zero-order chi connectivity index (χ0) is 105. The minimum atomic E-state index is -4.77. The molecule has 18 rings (SSSR count). The van der Waals surface area contributed by atoms with Crippen molar-refractivity contribution in [2.45, 2.75) is 70.9 Å². The Morgan fingerprint density at radius 1 is 0.238 bits per heavy atom. The molecule has 0 unspecified atom stereocenters. The molecule has 0 spiro atoms. The fourth-order valence-corrected chi connectivity index (χ4v) is 17.5. The maximum atomic E-state index is 13.2. The highest BCUT2D eigenvalue weighted by atomic mass is 79.9. The molecule has 0 aliphatic rings. The van der Waals surface area contributed by atoms with E-state index in [1.165, 1.54) is 42.5 Å². The van der Waals surface area contributed by atoms with Crippen LogP contribution in [0.4, 0.5) is 92.2 Å². The number of H-pyrrole nitrogens is 6. The molecular weight excluding hydrogens is 2430 g/mol. The van der Waals surface area contributed by atoms with E-state index in [4.69, 9.17) is 23.2 Å². The normalized spacial score (nSPS) is 12.0. The first-order chi connectivity index (χ1) is 66.6. The van der Waals surface area contributed by atoms with Gasteiger partial charge in [0, 0.05) is 69.7 Å². The van der Waals surface area contributed by atoms with Gasteiger partial charge < -0.3 is 29.9 Å². The van der Waals surface area contributed by atoms with Gasteiger partial charge in [-0.2, -0.15) is 92.2 Å². The second kappa shape index (κ2) is 42.3. The number of fused-ring (bicyclic) bond motifs is 6. The summed E-state index contributed by atoms with van der Waals surface area (Å²) in [6.45, 7) is 7.06. The van der Waals surface area contributed by atoms with Gasteiger partial charge in [0.05, 0.1) is 109 Å². The maximum Gasteiger partial charge on any atom is 0.418 e. The lowest BCUT2D eigenvalue weighted by atomic mass is 10.1. The van der Waals surface area contributed by atoms with Crippen molar-refractivity contribution in [3.63, 3.8) is 0 Å². The minimum absolute atomic E-state index is 0.0161. The predicted octanol–water partition coefficient (Wildman–Crippen LogP) is 30.6. The van der Waals surface area contributed by atoms with Gasteiger partial charge in [-0.05, 0) is 220 Å². The number of hydrogen-bond acceptors (Lipinski definition) is 12. The summed E-state index contributed by atoms with van der Waals surface area (Å²) < 4.78 is 275. The summed E-state index contributed by atoms with van der Waals surface area (Å²) in [5, 5.41) is 2.15. The lowest BCUT2D eigenvalue weighted by Gasteiger charge is -2.12. The van der Waals surface area contributed by atoms with Crippen LogP contribution in [0.25, 0.3) is 134 Å². The lowest BCUT2D eigenvalue weighted by Crippen LogP contribution is -2.14. The third kappa shape index (κ3) is 25.5. The second-order valence-electron chi connectivity index (χ2n) is 30.7. The third-order valence-corrected chi connectivity index (χ3v) is 25.3. The van der Waals surface area contributed by atoms with Crippen LogP contribution in [0.1, 0.15) is 61.2 Å². The monoisotopic (exact) mass is 2480 g/mol. The number of hydrogen-bond donors (Lipinski definition) is 6. The number of para-hydroxylation sites is 4. The SMILES string of the molecule is Cc1c(Br)ccc2c(=O)[nH]c(-c3cc(Br)cc(C(F)(F)F)c3)nc12.Cc1c(Cl)ccc2c(=O)[nH]c(-c3cc(Br)cc(C(F)(F)F)c3)nc12.Cc1cccc2c(=O)[nH]c(-c3cc(Br)cc(C(F)(F)F)c3)nc12.Cc1cccc2c(=O)[nH]c(-c3cc(C(F)(F)F)ccc3Br)nc12.O=c1[nH]c(-c2cc(Br)cc(C(F)(F)F)c2)nc2c(C(F)(F)F)cccc12.O=c1[nH]c(-c2cc(Br)cc(C(F)(F)F)c2)nc2c(Cl)cccc12. The standard InChI is InChI=1S/C16H9Br2F3N2O.C16H9BrClF3N2O.C16H7BrF6N2O.2C16H10BrF3N2O.C15H7BrClF3N2O/c2*1-7-12(18)3-2-11-13(7)22-14(23-15(11)24)8-4-9(16(19,20)21)6-10(17)5-8;17-9-5-7(4-8(6-9)15(18,19)20)13-24-12-10(14(26)25-13)2-1-3-11(12)16(21,22)23;1-8-3-2-4-12-13(8)21-14(22-15(12)23)9-5-10(16(18,19)20)7-11(17)6-9;1-8-3-2-4-10-13(8)21-14(22-15(10)23)11-7-9(16(18,19)20)5-6-12(11)17;16-9-5-7(4-8(6-9)15(18,19)20)13-21-12-10(14(23)22-13)2-1-3-11(12)17/h2*2-6H,1H3,(H,22,23,24);1-6H,(H,24,25,26);2*2-7H,1H3,(H,21,22,23);1-6H,(H,21,22,23). The molecule has 6 N–H and O–H groups in total. The zero-order valence-electron chi connectivity index (χ0n) is 71.6. The molecule has 0 atom stereocenters. The molecule has 0 saturated carbocycles. The summed E-state index contributed by atoms with van der Waals surface area (Å²) in [5.41, 5.74) is -4.39. The molecule has 0 saturated heterocycles. The molecule has 0 radical (unpaired) electrons. The van der Waals surface area contributed by atoms with Gasteiger partial charge >= 0.3 is 43.2 Å². The van der Waals surface area contributed by atoms with Crippen LogP contribution in [0, 0.1) is 27.7 Å². The van der Waals surface area contributed by atoms with Crippen molar-refractivity contribution in [3.05, 3.63) is 371 Å². The fraction of sp³-hybridized carbons (Fsp3) is 0.116. The molecule has 0 fully saturated rings. The van der Waals surface area contributed by atoms with Gasteiger partial charge in [-0.25, -0.2) is 29.9 Å². The quantitative estimate of drug-likeness (QED) is 0.0848. The number of nitrogens with one attached hydrogen (secondary N) is 6. The summed E-state index contributed by atoms with van der Waals surface area (Å²) in [7, 11) is 0. The van der Waals surface area contributed by atoms with Gasteiger partial charge in [0.15, 0.2) is 0 Å². The molecule has 143 heavy (non-hydrogen) atoms. The first-order valence-electron chi connectivity index (χ1n) is 40.0. The first kappa shape index (κ1) is 108. The largest absolute Gasteiger partial charge is 0.418 e. The topological polar surface area (TPSA) is 274 Å². The van der Waals surface area contributed by atoms with Crippen molar-refractivity contribution < 1.29 is 92.2 Å². The summed E-state index contributed by atoms with van der Waals surface area (Å²) in [6.07, 6.45) is -31.9. The highest BCUT2D eigenvalue weighted by molar-refractivity contribution is 9.11. The predicted molar refractivity (Wildman–Crippen MR) is 525 cm³/mol. The van der Waals surface area contributed by atoms with E-state index >= 15 is 0 Å². The van der Waals surface area contributed by atoms with Gasteiger partial charge in [-0.1, -0.05) is 171 Å². The molecule has 18 nitrogen and oxygen atoms in total. The van der Waals surface area contributed by atoms with Crippen LogP contribution in [-0.2, 0) is 43.2 Å². The van der Waals surface area contributed by atoms with Crippen molar-refractivity contribution in [1.29, 1.82) is 0 Å². The number of aromatic amines is 6. The Hall–Kier alpha value is -12.1. The second-order valence-corrected chi connectivity index (χ2v) is 37.8. The van der Waals surface area contributed by atoms with Crippen LogP contribution < -0.4 is 33.4 Å². The minimum Gasteiger partial charge on any atom is -0.306 e. The summed E-state index contributed by atoms with van der Waals surface area (Å²) in [4.78, 5) is 113. The Balaban J connectivity index is 0.000000144. The first-order valence-corrected chi connectivity index (χ1v) is 46.3. The highest BCUT2D eigenvalue weighted by Crippen LogP contribution is 2.44.